The molecule has 1 aliphatic rings. The molecule has 0 aliphatic carbocycles. The van der Waals surface area contributed by atoms with Gasteiger partial charge in [0.15, 0.2) is 5.58 Å². The normalized spacial score (nSPS) is 23.2. The van der Waals surface area contributed by atoms with Crippen molar-refractivity contribution >= 4 is 16.9 Å². The first-order valence-electron chi connectivity index (χ1n) is 6.90. The zero-order chi connectivity index (χ0) is 14.1. The number of carbonyl (C=O) groups is 1. The summed E-state index contributed by atoms with van der Waals surface area (Å²) in [6, 6.07) is 7.60. The van der Waals surface area contributed by atoms with Crippen LogP contribution in [0.4, 0.5) is 0 Å². The monoisotopic (exact) mass is 274 g/mol. The third-order valence-electron chi connectivity index (χ3n) is 3.54. The Morgan fingerprint density at radius 3 is 2.75 bits per heavy atom. The van der Waals surface area contributed by atoms with E-state index in [9.17, 15) is 4.79 Å². The lowest BCUT2D eigenvalue weighted by molar-refractivity contribution is -0.142. The number of morpholine rings is 1. The fourth-order valence-electron chi connectivity index (χ4n) is 2.70. The Morgan fingerprint density at radius 2 is 2.00 bits per heavy atom. The van der Waals surface area contributed by atoms with Crippen LogP contribution in [0, 0.1) is 0 Å². The van der Waals surface area contributed by atoms with Gasteiger partial charge in [-0.3, -0.25) is 4.79 Å². The largest absolute Gasteiger partial charge is 0.372 e. The van der Waals surface area contributed by atoms with Crippen LogP contribution in [0.15, 0.2) is 28.8 Å². The van der Waals surface area contributed by atoms with Gasteiger partial charge in [-0.1, -0.05) is 17.3 Å². The quantitative estimate of drug-likeness (QED) is 0.840. The predicted octanol–water partition coefficient (Wildman–Crippen LogP) is 2.01. The van der Waals surface area contributed by atoms with E-state index in [1.165, 1.54) is 0 Å². The van der Waals surface area contributed by atoms with Gasteiger partial charge in [0.2, 0.25) is 5.91 Å². The van der Waals surface area contributed by atoms with Crippen LogP contribution in [0.25, 0.3) is 11.0 Å². The molecule has 5 heteroatoms. The van der Waals surface area contributed by atoms with Crippen molar-refractivity contribution in [1.82, 2.24) is 10.1 Å². The van der Waals surface area contributed by atoms with Gasteiger partial charge < -0.3 is 14.2 Å². The van der Waals surface area contributed by atoms with E-state index in [4.69, 9.17) is 9.26 Å². The second kappa shape index (κ2) is 5.25. The molecule has 1 aromatic heterocycles. The first-order valence-corrected chi connectivity index (χ1v) is 6.90. The van der Waals surface area contributed by atoms with Crippen LogP contribution in [0.1, 0.15) is 19.5 Å². The van der Waals surface area contributed by atoms with Gasteiger partial charge in [-0.05, 0) is 26.0 Å². The minimum absolute atomic E-state index is 0.0750. The summed E-state index contributed by atoms with van der Waals surface area (Å²) >= 11 is 0. The van der Waals surface area contributed by atoms with Gasteiger partial charge in [-0.2, -0.15) is 0 Å². The summed E-state index contributed by atoms with van der Waals surface area (Å²) in [5.74, 6) is 0.0750. The molecule has 1 fully saturated rings. The number of para-hydroxylation sites is 1. The molecule has 0 saturated carbocycles. The molecule has 0 radical (unpaired) electrons. The highest BCUT2D eigenvalue weighted by molar-refractivity contribution is 5.86. The Kier molecular flexibility index (Phi) is 3.44. The van der Waals surface area contributed by atoms with Crippen LogP contribution in [0.2, 0.25) is 0 Å². The van der Waals surface area contributed by atoms with E-state index in [1.807, 2.05) is 43.0 Å². The summed E-state index contributed by atoms with van der Waals surface area (Å²) < 4.78 is 10.9. The van der Waals surface area contributed by atoms with Crippen molar-refractivity contribution in [2.24, 2.45) is 0 Å². The van der Waals surface area contributed by atoms with Crippen molar-refractivity contribution < 1.29 is 14.1 Å². The summed E-state index contributed by atoms with van der Waals surface area (Å²) in [5, 5.41) is 4.93. The van der Waals surface area contributed by atoms with E-state index < -0.39 is 0 Å². The van der Waals surface area contributed by atoms with Gasteiger partial charge in [0.05, 0.1) is 18.6 Å². The van der Waals surface area contributed by atoms with E-state index >= 15 is 0 Å². The number of benzene rings is 1. The van der Waals surface area contributed by atoms with Crippen LogP contribution < -0.4 is 0 Å². The molecule has 106 valence electrons. The number of aromatic nitrogens is 1. The Balaban J connectivity index is 1.75. The SMILES string of the molecule is CC1CN(C(=O)Cc2noc3ccccc23)CC(C)O1. The lowest BCUT2D eigenvalue weighted by atomic mass is 10.1. The van der Waals surface area contributed by atoms with E-state index in [-0.39, 0.29) is 24.5 Å². The number of fused-ring (bicyclic) bond motifs is 1. The predicted molar refractivity (Wildman–Crippen MR) is 74.3 cm³/mol. The maximum absolute atomic E-state index is 12.4. The molecule has 1 aliphatic heterocycles. The Morgan fingerprint density at radius 1 is 1.30 bits per heavy atom. The zero-order valence-corrected chi connectivity index (χ0v) is 11.7. The molecular formula is C15H18N2O3. The van der Waals surface area contributed by atoms with Gasteiger partial charge in [0.25, 0.3) is 0 Å². The average molecular weight is 274 g/mol. The van der Waals surface area contributed by atoms with Crippen molar-refractivity contribution in [3.05, 3.63) is 30.0 Å². The molecule has 1 saturated heterocycles. The number of hydrogen-bond acceptors (Lipinski definition) is 4. The van der Waals surface area contributed by atoms with Gasteiger partial charge in [0, 0.05) is 18.5 Å². The van der Waals surface area contributed by atoms with Gasteiger partial charge in [-0.25, -0.2) is 0 Å². The summed E-state index contributed by atoms with van der Waals surface area (Å²) in [5.41, 5.74) is 1.43. The molecule has 1 amide bonds. The summed E-state index contributed by atoms with van der Waals surface area (Å²) in [4.78, 5) is 14.2. The lowest BCUT2D eigenvalue weighted by Gasteiger charge is -2.35. The number of amides is 1. The highest BCUT2D eigenvalue weighted by atomic mass is 16.5. The molecule has 1 aromatic carbocycles. The second-order valence-electron chi connectivity index (χ2n) is 5.36. The Labute approximate surface area is 117 Å². The first kappa shape index (κ1) is 13.1. The molecule has 0 bridgehead atoms. The van der Waals surface area contributed by atoms with Gasteiger partial charge in [0.1, 0.15) is 5.69 Å². The number of hydrogen-bond donors (Lipinski definition) is 0. The molecule has 0 N–H and O–H groups in total. The van der Waals surface area contributed by atoms with Crippen molar-refractivity contribution in [3.63, 3.8) is 0 Å². The van der Waals surface area contributed by atoms with Gasteiger partial charge in [-0.15, -0.1) is 0 Å². The zero-order valence-electron chi connectivity index (χ0n) is 11.7. The fourth-order valence-corrected chi connectivity index (χ4v) is 2.70. The molecule has 2 heterocycles. The lowest BCUT2D eigenvalue weighted by Crippen LogP contribution is -2.48. The molecule has 0 spiro atoms. The highest BCUT2D eigenvalue weighted by Crippen LogP contribution is 2.19. The molecule has 2 unspecified atom stereocenters. The molecule has 2 aromatic rings. The molecule has 5 nitrogen and oxygen atoms in total. The average Bonchev–Trinajstić information content (AvgIpc) is 2.81. The summed E-state index contributed by atoms with van der Waals surface area (Å²) in [7, 11) is 0. The van der Waals surface area contributed by atoms with Crippen LogP contribution in [0.3, 0.4) is 0 Å². The highest BCUT2D eigenvalue weighted by Gasteiger charge is 2.26. The number of rotatable bonds is 2. The maximum atomic E-state index is 12.4. The number of nitrogens with zero attached hydrogens (tertiary/aromatic N) is 2. The van der Waals surface area contributed by atoms with E-state index in [1.54, 1.807) is 0 Å². The smallest absolute Gasteiger partial charge is 0.228 e. The van der Waals surface area contributed by atoms with Gasteiger partial charge >= 0.3 is 0 Å². The van der Waals surface area contributed by atoms with Crippen molar-refractivity contribution in [2.45, 2.75) is 32.5 Å². The third kappa shape index (κ3) is 2.54. The first-order chi connectivity index (χ1) is 9.63. The number of ether oxygens (including phenoxy) is 1. The molecule has 20 heavy (non-hydrogen) atoms. The third-order valence-corrected chi connectivity index (χ3v) is 3.54. The minimum atomic E-state index is 0.0750. The summed E-state index contributed by atoms with van der Waals surface area (Å²) in [6.45, 7) is 5.25. The topological polar surface area (TPSA) is 55.6 Å². The molecule has 2 atom stereocenters. The fraction of sp³-hybridized carbons (Fsp3) is 0.467. The van der Waals surface area contributed by atoms with E-state index in [0.29, 0.717) is 18.8 Å². The van der Waals surface area contributed by atoms with Crippen molar-refractivity contribution in [2.75, 3.05) is 13.1 Å². The van der Waals surface area contributed by atoms with Crippen LogP contribution >= 0.6 is 0 Å². The number of carbonyl (C=O) groups excluding carboxylic acids is 1. The molecular weight excluding hydrogens is 256 g/mol. The molecule has 3 rings (SSSR count). The van der Waals surface area contributed by atoms with Crippen LogP contribution in [0.5, 0.6) is 0 Å². The van der Waals surface area contributed by atoms with E-state index in [0.717, 1.165) is 11.0 Å². The maximum Gasteiger partial charge on any atom is 0.228 e. The van der Waals surface area contributed by atoms with Crippen LogP contribution in [-0.4, -0.2) is 41.3 Å². The standard InChI is InChI=1S/C15H18N2O3/c1-10-8-17(9-11(2)19-10)15(18)7-13-12-5-3-4-6-14(12)20-16-13/h3-6,10-11H,7-9H2,1-2H3. The van der Waals surface area contributed by atoms with Crippen LogP contribution in [-0.2, 0) is 16.0 Å². The van der Waals surface area contributed by atoms with Crippen molar-refractivity contribution in [1.29, 1.82) is 0 Å². The minimum Gasteiger partial charge on any atom is -0.372 e. The Hall–Kier alpha value is -1.88. The summed E-state index contributed by atoms with van der Waals surface area (Å²) in [6.07, 6.45) is 0.435. The second-order valence-corrected chi connectivity index (χ2v) is 5.36. The van der Waals surface area contributed by atoms with Crippen molar-refractivity contribution in [3.8, 4) is 0 Å². The Bertz CT molecular complexity index is 612. The van der Waals surface area contributed by atoms with E-state index in [2.05, 4.69) is 5.16 Å².